The fourth-order valence-electron chi connectivity index (χ4n) is 4.00. The Kier molecular flexibility index (Phi) is 4.53. The Morgan fingerprint density at radius 3 is 2.30 bits per heavy atom. The lowest BCUT2D eigenvalue weighted by Crippen LogP contribution is -2.45. The summed E-state index contributed by atoms with van der Waals surface area (Å²) < 4.78 is 36.4. The predicted octanol–water partition coefficient (Wildman–Crippen LogP) is 2.00. The fraction of sp³-hybridized carbons (Fsp3) is 0.625. The molecule has 1 heterocycles. The van der Waals surface area contributed by atoms with Gasteiger partial charge in [-0.05, 0) is 48.4 Å². The molecular formula is C16H24N2O4S. The van der Waals surface area contributed by atoms with Crippen molar-refractivity contribution in [1.82, 2.24) is 4.31 Å². The Morgan fingerprint density at radius 1 is 1.13 bits per heavy atom. The van der Waals surface area contributed by atoms with Gasteiger partial charge in [0.15, 0.2) is 11.5 Å². The number of methoxy groups -OCH3 is 2. The first kappa shape index (κ1) is 16.5. The van der Waals surface area contributed by atoms with Crippen molar-refractivity contribution in [2.75, 3.05) is 20.8 Å². The molecular weight excluding hydrogens is 316 g/mol. The van der Waals surface area contributed by atoms with E-state index in [2.05, 4.69) is 0 Å². The van der Waals surface area contributed by atoms with Crippen molar-refractivity contribution in [2.24, 2.45) is 11.1 Å². The molecule has 1 saturated carbocycles. The van der Waals surface area contributed by atoms with Crippen molar-refractivity contribution < 1.29 is 17.9 Å². The summed E-state index contributed by atoms with van der Waals surface area (Å²) in [5.74, 6) is 1.62. The van der Waals surface area contributed by atoms with Gasteiger partial charge in [0.25, 0.3) is 10.2 Å². The first-order valence-corrected chi connectivity index (χ1v) is 9.50. The molecule has 6 nitrogen and oxygen atoms in total. The topological polar surface area (TPSA) is 81.9 Å². The maximum atomic E-state index is 12.1. The zero-order valence-electron chi connectivity index (χ0n) is 13.6. The smallest absolute Gasteiger partial charge is 0.277 e. The van der Waals surface area contributed by atoms with Crippen molar-refractivity contribution in [3.05, 3.63) is 23.3 Å². The van der Waals surface area contributed by atoms with Gasteiger partial charge in [0.1, 0.15) is 0 Å². The minimum Gasteiger partial charge on any atom is -0.493 e. The molecule has 3 rings (SSSR count). The minimum atomic E-state index is -3.73. The lowest BCUT2D eigenvalue weighted by molar-refractivity contribution is 0.226. The Labute approximate surface area is 137 Å². The van der Waals surface area contributed by atoms with Gasteiger partial charge in [0.2, 0.25) is 0 Å². The third-order valence-electron chi connectivity index (χ3n) is 5.05. The SMILES string of the molecule is COc1cc2c(cc1OC)C(C1CCCC1)N(S(N)(=O)=O)CC2. The second kappa shape index (κ2) is 6.30. The third-order valence-corrected chi connectivity index (χ3v) is 6.11. The summed E-state index contributed by atoms with van der Waals surface area (Å²) in [6.45, 7) is 0.419. The van der Waals surface area contributed by atoms with Gasteiger partial charge in [-0.15, -0.1) is 0 Å². The molecule has 128 valence electrons. The molecule has 0 amide bonds. The minimum absolute atomic E-state index is 0.198. The predicted molar refractivity (Wildman–Crippen MR) is 87.8 cm³/mol. The lowest BCUT2D eigenvalue weighted by Gasteiger charge is -2.39. The van der Waals surface area contributed by atoms with Crippen LogP contribution in [0.3, 0.4) is 0 Å². The van der Waals surface area contributed by atoms with Crippen LogP contribution in [0.15, 0.2) is 12.1 Å². The number of hydrogen-bond acceptors (Lipinski definition) is 4. The molecule has 2 N–H and O–H groups in total. The number of benzene rings is 1. The van der Waals surface area contributed by atoms with Gasteiger partial charge in [-0.25, -0.2) is 5.14 Å². The van der Waals surface area contributed by atoms with Crippen LogP contribution in [-0.2, 0) is 16.6 Å². The van der Waals surface area contributed by atoms with Gasteiger partial charge >= 0.3 is 0 Å². The van der Waals surface area contributed by atoms with Crippen LogP contribution in [0.4, 0.5) is 0 Å². The van der Waals surface area contributed by atoms with E-state index in [1.165, 1.54) is 4.31 Å². The standard InChI is InChI=1S/C16H24N2O4S/c1-21-14-9-12-7-8-18(23(17,19)20)16(11-5-3-4-6-11)13(12)10-15(14)22-2/h9-11,16H,3-8H2,1-2H3,(H2,17,19,20). The van der Waals surface area contributed by atoms with Gasteiger partial charge in [-0.2, -0.15) is 12.7 Å². The number of rotatable bonds is 4. The maximum Gasteiger partial charge on any atom is 0.277 e. The van der Waals surface area contributed by atoms with E-state index in [4.69, 9.17) is 14.6 Å². The molecule has 0 bridgehead atoms. The van der Waals surface area contributed by atoms with Crippen LogP contribution in [0.2, 0.25) is 0 Å². The molecule has 2 aliphatic rings. The van der Waals surface area contributed by atoms with Gasteiger partial charge in [0.05, 0.1) is 20.3 Å². The largest absolute Gasteiger partial charge is 0.493 e. The van der Waals surface area contributed by atoms with E-state index >= 15 is 0 Å². The molecule has 1 aliphatic heterocycles. The summed E-state index contributed by atoms with van der Waals surface area (Å²) >= 11 is 0. The fourth-order valence-corrected chi connectivity index (χ4v) is 4.95. The molecule has 0 radical (unpaired) electrons. The summed E-state index contributed by atoms with van der Waals surface area (Å²) in [6.07, 6.45) is 4.98. The van der Waals surface area contributed by atoms with E-state index in [1.807, 2.05) is 12.1 Å². The summed E-state index contributed by atoms with van der Waals surface area (Å²) in [6, 6.07) is 3.70. The van der Waals surface area contributed by atoms with Crippen molar-refractivity contribution >= 4 is 10.2 Å². The van der Waals surface area contributed by atoms with E-state index < -0.39 is 10.2 Å². The third kappa shape index (κ3) is 3.05. The normalized spacial score (nSPS) is 22.8. The van der Waals surface area contributed by atoms with Crippen LogP contribution in [0, 0.1) is 5.92 Å². The zero-order valence-corrected chi connectivity index (χ0v) is 14.4. The second-order valence-electron chi connectivity index (χ2n) is 6.30. The van der Waals surface area contributed by atoms with Gasteiger partial charge < -0.3 is 9.47 Å². The number of hydrogen-bond donors (Lipinski definition) is 1. The van der Waals surface area contributed by atoms with Crippen LogP contribution >= 0.6 is 0 Å². The van der Waals surface area contributed by atoms with Crippen LogP contribution in [-0.4, -0.2) is 33.5 Å². The first-order valence-electron chi connectivity index (χ1n) is 8.00. The Bertz CT molecular complexity index is 684. The van der Waals surface area contributed by atoms with Crippen LogP contribution in [0.25, 0.3) is 0 Å². The second-order valence-corrected chi connectivity index (χ2v) is 7.80. The van der Waals surface area contributed by atoms with Crippen molar-refractivity contribution in [3.63, 3.8) is 0 Å². The summed E-state index contributed by atoms with van der Waals surface area (Å²) in [4.78, 5) is 0. The molecule has 1 unspecified atom stereocenters. The highest BCUT2D eigenvalue weighted by Gasteiger charge is 2.40. The molecule has 0 aromatic heterocycles. The van der Waals surface area contributed by atoms with E-state index in [0.29, 0.717) is 30.4 Å². The highest BCUT2D eigenvalue weighted by molar-refractivity contribution is 7.86. The molecule has 1 aromatic carbocycles. The number of nitrogens with zero attached hydrogens (tertiary/aromatic N) is 1. The lowest BCUT2D eigenvalue weighted by atomic mass is 9.85. The molecule has 1 atom stereocenters. The molecule has 0 saturated heterocycles. The summed E-state index contributed by atoms with van der Waals surface area (Å²) in [5, 5.41) is 5.49. The molecule has 1 fully saturated rings. The summed E-state index contributed by atoms with van der Waals surface area (Å²) in [7, 11) is -0.528. The number of fused-ring (bicyclic) bond motifs is 1. The summed E-state index contributed by atoms with van der Waals surface area (Å²) in [5.41, 5.74) is 2.13. The van der Waals surface area contributed by atoms with Crippen LogP contribution < -0.4 is 14.6 Å². The van der Waals surface area contributed by atoms with Crippen molar-refractivity contribution in [1.29, 1.82) is 0 Å². The average molecular weight is 340 g/mol. The van der Waals surface area contributed by atoms with Crippen molar-refractivity contribution in [3.8, 4) is 11.5 Å². The highest BCUT2D eigenvalue weighted by atomic mass is 32.2. The number of nitrogens with two attached hydrogens (primary N) is 1. The molecule has 7 heteroatoms. The van der Waals surface area contributed by atoms with Crippen molar-refractivity contribution in [2.45, 2.75) is 38.1 Å². The van der Waals surface area contributed by atoms with Gasteiger partial charge in [-0.3, -0.25) is 0 Å². The molecule has 0 spiro atoms. The van der Waals surface area contributed by atoms with E-state index in [1.54, 1.807) is 14.2 Å². The van der Waals surface area contributed by atoms with E-state index in [9.17, 15) is 8.42 Å². The first-order chi connectivity index (χ1) is 11.0. The van der Waals surface area contributed by atoms with Gasteiger partial charge in [-0.1, -0.05) is 12.8 Å². The maximum absolute atomic E-state index is 12.1. The molecule has 1 aromatic rings. The highest BCUT2D eigenvalue weighted by Crippen LogP contribution is 2.46. The van der Waals surface area contributed by atoms with Crippen LogP contribution in [0.5, 0.6) is 11.5 Å². The van der Waals surface area contributed by atoms with E-state index in [0.717, 1.165) is 36.8 Å². The van der Waals surface area contributed by atoms with E-state index in [-0.39, 0.29) is 6.04 Å². The monoisotopic (exact) mass is 340 g/mol. The van der Waals surface area contributed by atoms with Gasteiger partial charge in [0, 0.05) is 6.54 Å². The Balaban J connectivity index is 2.11. The van der Waals surface area contributed by atoms with Crippen LogP contribution in [0.1, 0.15) is 42.9 Å². The average Bonchev–Trinajstić information content (AvgIpc) is 3.05. The molecule has 1 aliphatic carbocycles. The number of ether oxygens (including phenoxy) is 2. The Morgan fingerprint density at radius 2 is 1.74 bits per heavy atom. The molecule has 23 heavy (non-hydrogen) atoms. The zero-order chi connectivity index (χ0) is 16.6. The Hall–Kier alpha value is -1.31. The quantitative estimate of drug-likeness (QED) is 0.909.